The van der Waals surface area contributed by atoms with Gasteiger partial charge >= 0.3 is 0 Å². The summed E-state index contributed by atoms with van der Waals surface area (Å²) in [6, 6.07) is 9.90. The molecular formula is C17H17FN2O2. The molecule has 5 heteroatoms. The molecule has 0 spiro atoms. The van der Waals surface area contributed by atoms with Crippen molar-refractivity contribution < 1.29 is 13.9 Å². The Bertz CT molecular complexity index is 648. The highest BCUT2D eigenvalue weighted by Crippen LogP contribution is 2.15. The minimum absolute atomic E-state index is 0.0186. The lowest BCUT2D eigenvalue weighted by molar-refractivity contribution is -0.0208. The molecule has 1 aliphatic heterocycles. The minimum Gasteiger partial charge on any atom is -0.374 e. The first-order valence-corrected chi connectivity index (χ1v) is 7.28. The average molecular weight is 300 g/mol. The van der Waals surface area contributed by atoms with Crippen LogP contribution in [0.5, 0.6) is 0 Å². The molecule has 0 radical (unpaired) electrons. The van der Waals surface area contributed by atoms with Gasteiger partial charge in [0.1, 0.15) is 5.82 Å². The summed E-state index contributed by atoms with van der Waals surface area (Å²) in [6.45, 7) is 1.58. The maximum atomic E-state index is 13.2. The molecule has 1 aromatic heterocycles. The van der Waals surface area contributed by atoms with Crippen LogP contribution in [0.3, 0.4) is 0 Å². The molecule has 2 aromatic rings. The zero-order chi connectivity index (χ0) is 15.4. The van der Waals surface area contributed by atoms with Gasteiger partial charge in [0.15, 0.2) is 0 Å². The Balaban J connectivity index is 1.65. The smallest absolute Gasteiger partial charge is 0.254 e. The third kappa shape index (κ3) is 3.49. The number of nitrogens with zero attached hydrogens (tertiary/aromatic N) is 2. The molecule has 1 aliphatic rings. The van der Waals surface area contributed by atoms with Gasteiger partial charge in [-0.3, -0.25) is 9.78 Å². The number of amides is 1. The number of hydrogen-bond donors (Lipinski definition) is 0. The Morgan fingerprint density at radius 3 is 2.91 bits per heavy atom. The van der Waals surface area contributed by atoms with Gasteiger partial charge in [-0.25, -0.2) is 4.39 Å². The van der Waals surface area contributed by atoms with Crippen molar-refractivity contribution in [2.24, 2.45) is 0 Å². The van der Waals surface area contributed by atoms with Crippen LogP contribution in [0.25, 0.3) is 0 Å². The van der Waals surface area contributed by atoms with Gasteiger partial charge < -0.3 is 9.64 Å². The van der Waals surface area contributed by atoms with Crippen molar-refractivity contribution in [1.29, 1.82) is 0 Å². The summed E-state index contributed by atoms with van der Waals surface area (Å²) in [5.41, 5.74) is 1.50. The molecule has 0 aliphatic carbocycles. The molecule has 1 fully saturated rings. The first kappa shape index (κ1) is 14.7. The number of halogens is 1. The van der Waals surface area contributed by atoms with Crippen LogP contribution in [0.1, 0.15) is 15.9 Å². The van der Waals surface area contributed by atoms with E-state index in [4.69, 9.17) is 4.74 Å². The van der Waals surface area contributed by atoms with Crippen molar-refractivity contribution in [3.05, 3.63) is 65.7 Å². The molecule has 0 saturated carbocycles. The Morgan fingerprint density at radius 1 is 1.32 bits per heavy atom. The van der Waals surface area contributed by atoms with E-state index < -0.39 is 0 Å². The van der Waals surface area contributed by atoms with Crippen LogP contribution in [0.2, 0.25) is 0 Å². The topological polar surface area (TPSA) is 42.4 Å². The Labute approximate surface area is 128 Å². The average Bonchev–Trinajstić information content (AvgIpc) is 2.55. The van der Waals surface area contributed by atoms with Gasteiger partial charge in [-0.15, -0.1) is 0 Å². The largest absolute Gasteiger partial charge is 0.374 e. The standard InChI is InChI=1S/C17H17FN2O2/c18-15-3-1-2-13(10-15)11-16-12-20(8-9-22-16)17(21)14-4-6-19-7-5-14/h1-7,10,16H,8-9,11-12H2. The summed E-state index contributed by atoms with van der Waals surface area (Å²) in [4.78, 5) is 18.1. The zero-order valence-corrected chi connectivity index (χ0v) is 12.1. The number of aromatic nitrogens is 1. The molecule has 22 heavy (non-hydrogen) atoms. The lowest BCUT2D eigenvalue weighted by Crippen LogP contribution is -2.46. The number of ether oxygens (including phenoxy) is 1. The molecule has 1 saturated heterocycles. The summed E-state index contributed by atoms with van der Waals surface area (Å²) in [6.07, 6.45) is 3.70. The van der Waals surface area contributed by atoms with E-state index in [2.05, 4.69) is 4.98 Å². The lowest BCUT2D eigenvalue weighted by Gasteiger charge is -2.33. The van der Waals surface area contributed by atoms with Gasteiger partial charge in [0.05, 0.1) is 12.7 Å². The van der Waals surface area contributed by atoms with Crippen molar-refractivity contribution in [1.82, 2.24) is 9.88 Å². The van der Waals surface area contributed by atoms with E-state index in [0.29, 0.717) is 31.7 Å². The first-order chi connectivity index (χ1) is 10.7. The monoisotopic (exact) mass is 300 g/mol. The highest BCUT2D eigenvalue weighted by Gasteiger charge is 2.25. The number of morpholine rings is 1. The van der Waals surface area contributed by atoms with Gasteiger partial charge in [0, 0.05) is 37.5 Å². The predicted octanol–water partition coefficient (Wildman–Crippen LogP) is 2.30. The predicted molar refractivity (Wildman–Crippen MR) is 80.0 cm³/mol. The fourth-order valence-electron chi connectivity index (χ4n) is 2.63. The van der Waals surface area contributed by atoms with Crippen LogP contribution >= 0.6 is 0 Å². The van der Waals surface area contributed by atoms with Crippen LogP contribution in [-0.4, -0.2) is 41.6 Å². The second-order valence-electron chi connectivity index (χ2n) is 5.31. The first-order valence-electron chi connectivity index (χ1n) is 7.28. The zero-order valence-electron chi connectivity index (χ0n) is 12.1. The Kier molecular flexibility index (Phi) is 4.44. The van der Waals surface area contributed by atoms with Crippen molar-refractivity contribution in [2.75, 3.05) is 19.7 Å². The summed E-state index contributed by atoms with van der Waals surface area (Å²) < 4.78 is 18.9. The quantitative estimate of drug-likeness (QED) is 0.873. The minimum atomic E-state index is -0.252. The van der Waals surface area contributed by atoms with E-state index in [1.807, 2.05) is 6.07 Å². The SMILES string of the molecule is O=C(c1ccncc1)N1CCOC(Cc2cccc(F)c2)C1. The molecule has 1 atom stereocenters. The number of carbonyl (C=O) groups is 1. The molecular weight excluding hydrogens is 283 g/mol. The van der Waals surface area contributed by atoms with Crippen molar-refractivity contribution in [3.8, 4) is 0 Å². The molecule has 3 rings (SSSR count). The Morgan fingerprint density at radius 2 is 2.14 bits per heavy atom. The van der Waals surface area contributed by atoms with Gasteiger partial charge in [-0.2, -0.15) is 0 Å². The molecule has 1 aromatic carbocycles. The normalized spacial score (nSPS) is 18.2. The van der Waals surface area contributed by atoms with Crippen molar-refractivity contribution in [2.45, 2.75) is 12.5 Å². The molecule has 0 bridgehead atoms. The molecule has 4 nitrogen and oxygen atoms in total. The van der Waals surface area contributed by atoms with Crippen molar-refractivity contribution in [3.63, 3.8) is 0 Å². The van der Waals surface area contributed by atoms with Gasteiger partial charge in [0.25, 0.3) is 5.91 Å². The van der Waals surface area contributed by atoms with E-state index in [1.165, 1.54) is 12.1 Å². The number of carbonyl (C=O) groups excluding carboxylic acids is 1. The second kappa shape index (κ2) is 6.66. The molecule has 1 unspecified atom stereocenters. The summed E-state index contributed by atoms with van der Waals surface area (Å²) in [5, 5.41) is 0. The van der Waals surface area contributed by atoms with Gasteiger partial charge in [0.2, 0.25) is 0 Å². The number of rotatable bonds is 3. The molecule has 114 valence electrons. The summed E-state index contributed by atoms with van der Waals surface area (Å²) >= 11 is 0. The fourth-order valence-corrected chi connectivity index (χ4v) is 2.63. The third-order valence-corrected chi connectivity index (χ3v) is 3.71. The van der Waals surface area contributed by atoms with E-state index in [1.54, 1.807) is 35.5 Å². The lowest BCUT2D eigenvalue weighted by atomic mass is 10.1. The van der Waals surface area contributed by atoms with Crippen LogP contribution in [0.4, 0.5) is 4.39 Å². The highest BCUT2D eigenvalue weighted by molar-refractivity contribution is 5.94. The van der Waals surface area contributed by atoms with Crippen LogP contribution in [0, 0.1) is 5.82 Å². The maximum absolute atomic E-state index is 13.2. The highest BCUT2D eigenvalue weighted by atomic mass is 19.1. The fraction of sp³-hybridized carbons (Fsp3) is 0.294. The number of pyridine rings is 1. The summed E-state index contributed by atoms with van der Waals surface area (Å²) in [5.74, 6) is -0.270. The van der Waals surface area contributed by atoms with E-state index in [9.17, 15) is 9.18 Å². The number of benzene rings is 1. The second-order valence-corrected chi connectivity index (χ2v) is 5.31. The summed E-state index contributed by atoms with van der Waals surface area (Å²) in [7, 11) is 0. The van der Waals surface area contributed by atoms with Gasteiger partial charge in [-0.1, -0.05) is 12.1 Å². The van der Waals surface area contributed by atoms with Crippen LogP contribution in [0.15, 0.2) is 48.8 Å². The van der Waals surface area contributed by atoms with Crippen molar-refractivity contribution >= 4 is 5.91 Å². The maximum Gasteiger partial charge on any atom is 0.254 e. The van der Waals surface area contributed by atoms with Crippen LogP contribution in [-0.2, 0) is 11.2 Å². The van der Waals surface area contributed by atoms with E-state index in [-0.39, 0.29) is 17.8 Å². The molecule has 1 amide bonds. The van der Waals surface area contributed by atoms with E-state index >= 15 is 0 Å². The third-order valence-electron chi connectivity index (χ3n) is 3.71. The van der Waals surface area contributed by atoms with Gasteiger partial charge in [-0.05, 0) is 29.8 Å². The van der Waals surface area contributed by atoms with Crippen LogP contribution < -0.4 is 0 Å². The molecule has 0 N–H and O–H groups in total. The van der Waals surface area contributed by atoms with E-state index in [0.717, 1.165) is 5.56 Å². The molecule has 2 heterocycles. The number of hydrogen-bond acceptors (Lipinski definition) is 3. The Hall–Kier alpha value is -2.27.